The van der Waals surface area contributed by atoms with E-state index in [1.165, 1.54) is 59.4 Å². The molecule has 0 N–H and O–H groups in total. The number of aromatic nitrogens is 2. The van der Waals surface area contributed by atoms with E-state index in [1.54, 1.807) is 6.33 Å². The summed E-state index contributed by atoms with van der Waals surface area (Å²) in [5, 5.41) is 12.4. The van der Waals surface area contributed by atoms with Crippen molar-refractivity contribution in [3.63, 3.8) is 0 Å². The zero-order chi connectivity index (χ0) is 21.6. The summed E-state index contributed by atoms with van der Waals surface area (Å²) in [5.41, 5.74) is 3.52. The molecule has 7 rings (SSSR count). The van der Waals surface area contributed by atoms with Gasteiger partial charge >= 0.3 is 0 Å². The summed E-state index contributed by atoms with van der Waals surface area (Å²) in [7, 11) is 0. The van der Waals surface area contributed by atoms with E-state index in [-0.39, 0.29) is 5.41 Å². The Balaban J connectivity index is 1.81. The molecule has 2 nitrogen and oxygen atoms in total. The van der Waals surface area contributed by atoms with E-state index in [0.29, 0.717) is 0 Å². The maximum absolute atomic E-state index is 4.82. The van der Waals surface area contributed by atoms with E-state index in [2.05, 4.69) is 93.6 Å². The van der Waals surface area contributed by atoms with E-state index in [1.807, 2.05) is 0 Å². The van der Waals surface area contributed by atoms with Crippen molar-refractivity contribution in [3.8, 4) is 0 Å². The summed E-state index contributed by atoms with van der Waals surface area (Å²) in [6.07, 6.45) is 1.73. The van der Waals surface area contributed by atoms with Gasteiger partial charge in [-0.05, 0) is 61.5 Å². The molecule has 0 unspecified atom stereocenters. The molecule has 0 saturated carbocycles. The molecule has 1 aromatic heterocycles. The molecule has 0 bridgehead atoms. The summed E-state index contributed by atoms with van der Waals surface area (Å²) < 4.78 is 0. The Morgan fingerprint density at radius 2 is 1.16 bits per heavy atom. The minimum Gasteiger partial charge on any atom is -0.236 e. The first-order chi connectivity index (χ1) is 15.5. The third kappa shape index (κ3) is 2.24. The van der Waals surface area contributed by atoms with Crippen LogP contribution in [-0.2, 0) is 5.41 Å². The molecule has 32 heavy (non-hydrogen) atoms. The average Bonchev–Trinajstić information content (AvgIpc) is 2.81. The van der Waals surface area contributed by atoms with Crippen molar-refractivity contribution < 1.29 is 0 Å². The molecule has 0 radical (unpaired) electrons. The van der Waals surface area contributed by atoms with E-state index >= 15 is 0 Å². The third-order valence-electron chi connectivity index (χ3n) is 7.02. The predicted molar refractivity (Wildman–Crippen MR) is 137 cm³/mol. The van der Waals surface area contributed by atoms with Crippen molar-refractivity contribution in [1.29, 1.82) is 0 Å². The molecule has 0 atom stereocenters. The molecule has 2 heteroatoms. The standard InChI is InChI=1S/C30H22N2/c1-30(2,3)19-11-12-22-24(15-19)21-10-6-9-20-23-13-17-7-4-5-8-18(17)14-25(23)29-27(26(20)21)28(22)31-16-32-29/h4-16H,1-3H3. The SMILES string of the molecule is CC(C)(C)c1ccc2c(c1)c1cccc3c4cc5ccccc5cc4c4ncnc2c4c13. The molecule has 0 aliphatic carbocycles. The Morgan fingerprint density at radius 1 is 0.531 bits per heavy atom. The first-order valence-corrected chi connectivity index (χ1v) is 11.2. The summed E-state index contributed by atoms with van der Waals surface area (Å²) in [6.45, 7) is 6.81. The van der Waals surface area contributed by atoms with Gasteiger partial charge in [0.05, 0.1) is 11.0 Å². The highest BCUT2D eigenvalue weighted by Crippen LogP contribution is 2.44. The monoisotopic (exact) mass is 410 g/mol. The third-order valence-corrected chi connectivity index (χ3v) is 7.02. The lowest BCUT2D eigenvalue weighted by atomic mass is 9.83. The normalized spacial score (nSPS) is 12.8. The molecular formula is C30H22N2. The van der Waals surface area contributed by atoms with Crippen molar-refractivity contribution in [2.45, 2.75) is 26.2 Å². The van der Waals surface area contributed by atoms with Gasteiger partial charge in [-0.3, -0.25) is 0 Å². The molecule has 7 aromatic rings. The Morgan fingerprint density at radius 3 is 1.84 bits per heavy atom. The summed E-state index contributed by atoms with van der Waals surface area (Å²) in [6, 6.07) is 26.8. The van der Waals surface area contributed by atoms with Crippen LogP contribution >= 0.6 is 0 Å². The van der Waals surface area contributed by atoms with Gasteiger partial charge in [-0.15, -0.1) is 0 Å². The van der Waals surface area contributed by atoms with Gasteiger partial charge in [-0.2, -0.15) is 0 Å². The van der Waals surface area contributed by atoms with Gasteiger partial charge in [0, 0.05) is 21.5 Å². The van der Waals surface area contributed by atoms with E-state index in [4.69, 9.17) is 9.97 Å². The summed E-state index contributed by atoms with van der Waals surface area (Å²) >= 11 is 0. The zero-order valence-electron chi connectivity index (χ0n) is 18.4. The van der Waals surface area contributed by atoms with E-state index < -0.39 is 0 Å². The number of nitrogens with zero attached hydrogens (tertiary/aromatic N) is 2. The minimum atomic E-state index is 0.0898. The molecule has 0 saturated heterocycles. The zero-order valence-corrected chi connectivity index (χ0v) is 18.4. The van der Waals surface area contributed by atoms with Gasteiger partial charge in [0.25, 0.3) is 0 Å². The number of rotatable bonds is 0. The summed E-state index contributed by atoms with van der Waals surface area (Å²) in [4.78, 5) is 9.63. The molecule has 0 aliphatic heterocycles. The number of benzene rings is 6. The van der Waals surface area contributed by atoms with Crippen molar-refractivity contribution in [3.05, 3.63) is 84.7 Å². The second kappa shape index (κ2) is 5.92. The fourth-order valence-electron chi connectivity index (χ4n) is 5.40. The fourth-order valence-corrected chi connectivity index (χ4v) is 5.40. The molecule has 152 valence electrons. The minimum absolute atomic E-state index is 0.0898. The van der Waals surface area contributed by atoms with Gasteiger partial charge < -0.3 is 0 Å². The number of hydrogen-bond acceptors (Lipinski definition) is 2. The van der Waals surface area contributed by atoms with Crippen molar-refractivity contribution in [2.75, 3.05) is 0 Å². The lowest BCUT2D eigenvalue weighted by molar-refractivity contribution is 0.591. The van der Waals surface area contributed by atoms with Crippen LogP contribution in [0.3, 0.4) is 0 Å². The van der Waals surface area contributed by atoms with Gasteiger partial charge in [0.2, 0.25) is 0 Å². The summed E-state index contributed by atoms with van der Waals surface area (Å²) in [5.74, 6) is 0. The topological polar surface area (TPSA) is 25.8 Å². The van der Waals surface area contributed by atoms with Crippen LogP contribution in [0.1, 0.15) is 26.3 Å². The fraction of sp³-hybridized carbons (Fsp3) is 0.133. The lowest BCUT2D eigenvalue weighted by Crippen LogP contribution is -2.10. The van der Waals surface area contributed by atoms with Crippen LogP contribution in [0.2, 0.25) is 0 Å². The van der Waals surface area contributed by atoms with Gasteiger partial charge in [-0.1, -0.05) is 75.4 Å². The van der Waals surface area contributed by atoms with Crippen molar-refractivity contribution >= 4 is 64.9 Å². The highest BCUT2D eigenvalue weighted by Gasteiger charge is 2.20. The van der Waals surface area contributed by atoms with Crippen molar-refractivity contribution in [2.24, 2.45) is 0 Å². The van der Waals surface area contributed by atoms with Gasteiger partial charge in [-0.25, -0.2) is 9.97 Å². The van der Waals surface area contributed by atoms with Gasteiger partial charge in [0.1, 0.15) is 6.33 Å². The first kappa shape index (κ1) is 17.9. The van der Waals surface area contributed by atoms with E-state index in [9.17, 15) is 0 Å². The quantitative estimate of drug-likeness (QED) is 0.186. The second-order valence-corrected chi connectivity index (χ2v) is 9.93. The molecular weight excluding hydrogens is 388 g/mol. The molecule has 0 aliphatic rings. The largest absolute Gasteiger partial charge is 0.236 e. The Labute approximate surface area is 185 Å². The first-order valence-electron chi connectivity index (χ1n) is 11.2. The molecule has 0 spiro atoms. The maximum atomic E-state index is 4.82. The number of hydrogen-bond donors (Lipinski definition) is 0. The van der Waals surface area contributed by atoms with E-state index in [0.717, 1.165) is 11.0 Å². The Kier molecular flexibility index (Phi) is 3.30. The van der Waals surface area contributed by atoms with Gasteiger partial charge in [0.15, 0.2) is 0 Å². The lowest BCUT2D eigenvalue weighted by Gasteiger charge is -2.21. The molecule has 0 amide bonds. The molecule has 0 fully saturated rings. The van der Waals surface area contributed by atoms with Crippen LogP contribution < -0.4 is 0 Å². The second-order valence-electron chi connectivity index (χ2n) is 9.93. The van der Waals surface area contributed by atoms with Crippen LogP contribution in [0.15, 0.2) is 79.1 Å². The van der Waals surface area contributed by atoms with Crippen LogP contribution in [0.4, 0.5) is 0 Å². The molecule has 1 heterocycles. The van der Waals surface area contributed by atoms with Crippen LogP contribution in [-0.4, -0.2) is 9.97 Å². The van der Waals surface area contributed by atoms with Crippen molar-refractivity contribution in [1.82, 2.24) is 9.97 Å². The molecule has 6 aromatic carbocycles. The van der Waals surface area contributed by atoms with Crippen LogP contribution in [0, 0.1) is 0 Å². The average molecular weight is 411 g/mol. The highest BCUT2D eigenvalue weighted by atomic mass is 14.8. The van der Waals surface area contributed by atoms with Crippen LogP contribution in [0.5, 0.6) is 0 Å². The predicted octanol–water partition coefficient (Wildman–Crippen LogP) is 8.13. The maximum Gasteiger partial charge on any atom is 0.116 e. The van der Waals surface area contributed by atoms with Crippen LogP contribution in [0.25, 0.3) is 64.9 Å². The Bertz CT molecular complexity index is 1860. The number of fused-ring (bicyclic) bond motifs is 7. The Hall–Kier alpha value is -3.78. The highest BCUT2D eigenvalue weighted by molar-refractivity contribution is 6.39. The smallest absolute Gasteiger partial charge is 0.116 e.